The van der Waals surface area contributed by atoms with Crippen LogP contribution in [-0.2, 0) is 11.3 Å². The van der Waals surface area contributed by atoms with Gasteiger partial charge in [0.1, 0.15) is 10.7 Å². The number of nitrogens with zero attached hydrogens (tertiary/aromatic N) is 3. The SMILES string of the molecule is CC(C)CN(CC(C)C)C(=O)c1csc(CN2CCOCC2)n1. The summed E-state index contributed by atoms with van der Waals surface area (Å²) in [4.78, 5) is 21.6. The largest absolute Gasteiger partial charge is 0.379 e. The molecule has 1 amide bonds. The number of ether oxygens (including phenoxy) is 1. The summed E-state index contributed by atoms with van der Waals surface area (Å²) in [6, 6.07) is 0. The highest BCUT2D eigenvalue weighted by Gasteiger charge is 2.21. The Kier molecular flexibility index (Phi) is 6.99. The maximum atomic E-state index is 12.8. The summed E-state index contributed by atoms with van der Waals surface area (Å²) in [7, 11) is 0. The first-order valence-electron chi connectivity index (χ1n) is 8.49. The van der Waals surface area contributed by atoms with Crippen LogP contribution >= 0.6 is 11.3 Å². The third-order valence-corrected chi connectivity index (χ3v) is 4.53. The molecule has 130 valence electrons. The van der Waals surface area contributed by atoms with Gasteiger partial charge in [-0.2, -0.15) is 0 Å². The van der Waals surface area contributed by atoms with Gasteiger partial charge in [0.2, 0.25) is 0 Å². The van der Waals surface area contributed by atoms with E-state index in [1.54, 1.807) is 11.3 Å². The summed E-state index contributed by atoms with van der Waals surface area (Å²) in [5, 5.41) is 2.93. The van der Waals surface area contributed by atoms with Crippen molar-refractivity contribution in [3.63, 3.8) is 0 Å². The van der Waals surface area contributed by atoms with E-state index in [0.717, 1.165) is 50.9 Å². The van der Waals surface area contributed by atoms with E-state index in [1.807, 2.05) is 10.3 Å². The molecular formula is C17H29N3O2S. The smallest absolute Gasteiger partial charge is 0.273 e. The number of morpholine rings is 1. The van der Waals surface area contributed by atoms with Crippen molar-refractivity contribution in [2.45, 2.75) is 34.2 Å². The lowest BCUT2D eigenvalue weighted by Gasteiger charge is -2.26. The Morgan fingerprint density at radius 1 is 1.26 bits per heavy atom. The topological polar surface area (TPSA) is 45.7 Å². The molecule has 1 aliphatic rings. The van der Waals surface area contributed by atoms with Gasteiger partial charge in [-0.05, 0) is 11.8 Å². The molecule has 0 aliphatic carbocycles. The Hall–Kier alpha value is -0.980. The van der Waals surface area contributed by atoms with Crippen molar-refractivity contribution in [3.8, 4) is 0 Å². The summed E-state index contributed by atoms with van der Waals surface area (Å²) >= 11 is 1.59. The van der Waals surface area contributed by atoms with Crippen LogP contribution in [0.4, 0.5) is 0 Å². The molecule has 0 aromatic carbocycles. The summed E-state index contributed by atoms with van der Waals surface area (Å²) in [6.07, 6.45) is 0. The van der Waals surface area contributed by atoms with Gasteiger partial charge in [0, 0.05) is 31.6 Å². The Labute approximate surface area is 143 Å². The number of thiazole rings is 1. The fraction of sp³-hybridized carbons (Fsp3) is 0.765. The van der Waals surface area contributed by atoms with Gasteiger partial charge in [-0.25, -0.2) is 4.98 Å². The molecule has 2 heterocycles. The van der Waals surface area contributed by atoms with Gasteiger partial charge in [-0.3, -0.25) is 9.69 Å². The molecule has 23 heavy (non-hydrogen) atoms. The Bertz CT molecular complexity index is 486. The van der Waals surface area contributed by atoms with Gasteiger partial charge in [0.05, 0.1) is 19.8 Å². The van der Waals surface area contributed by atoms with Crippen molar-refractivity contribution >= 4 is 17.2 Å². The molecule has 6 heteroatoms. The van der Waals surface area contributed by atoms with Gasteiger partial charge in [0.25, 0.3) is 5.91 Å². The van der Waals surface area contributed by atoms with Crippen LogP contribution in [-0.4, -0.2) is 60.1 Å². The highest BCUT2D eigenvalue weighted by atomic mass is 32.1. The highest BCUT2D eigenvalue weighted by Crippen LogP contribution is 2.16. The molecule has 0 bridgehead atoms. The highest BCUT2D eigenvalue weighted by molar-refractivity contribution is 7.09. The summed E-state index contributed by atoms with van der Waals surface area (Å²) in [6.45, 7) is 14.4. The summed E-state index contributed by atoms with van der Waals surface area (Å²) in [5.41, 5.74) is 0.597. The standard InChI is InChI=1S/C17H29N3O2S/c1-13(2)9-20(10-14(3)4)17(21)15-12-23-16(18-15)11-19-5-7-22-8-6-19/h12-14H,5-11H2,1-4H3. The number of carbonyl (C=O) groups is 1. The van der Waals surface area contributed by atoms with Crippen LogP contribution in [0.1, 0.15) is 43.2 Å². The minimum atomic E-state index is 0.0666. The number of carbonyl (C=O) groups excluding carboxylic acids is 1. The van der Waals surface area contributed by atoms with E-state index in [4.69, 9.17) is 4.74 Å². The van der Waals surface area contributed by atoms with Crippen molar-refractivity contribution in [2.75, 3.05) is 39.4 Å². The minimum Gasteiger partial charge on any atom is -0.379 e. The van der Waals surface area contributed by atoms with E-state index >= 15 is 0 Å². The molecular weight excluding hydrogens is 310 g/mol. The van der Waals surface area contributed by atoms with Gasteiger partial charge >= 0.3 is 0 Å². The van der Waals surface area contributed by atoms with Crippen LogP contribution in [0.25, 0.3) is 0 Å². The van der Waals surface area contributed by atoms with E-state index in [-0.39, 0.29) is 5.91 Å². The first-order valence-corrected chi connectivity index (χ1v) is 9.37. The number of hydrogen-bond acceptors (Lipinski definition) is 5. The van der Waals surface area contributed by atoms with Crippen LogP contribution < -0.4 is 0 Å². The van der Waals surface area contributed by atoms with E-state index < -0.39 is 0 Å². The van der Waals surface area contributed by atoms with E-state index in [1.165, 1.54) is 0 Å². The fourth-order valence-electron chi connectivity index (χ4n) is 2.72. The van der Waals surface area contributed by atoms with Crippen molar-refractivity contribution in [1.29, 1.82) is 0 Å². The second kappa shape index (κ2) is 8.76. The Morgan fingerprint density at radius 2 is 1.87 bits per heavy atom. The van der Waals surface area contributed by atoms with Crippen LogP contribution in [0.3, 0.4) is 0 Å². The average molecular weight is 340 g/mol. The first kappa shape index (κ1) is 18.4. The van der Waals surface area contributed by atoms with E-state index in [9.17, 15) is 4.79 Å². The molecule has 1 aromatic heterocycles. The lowest BCUT2D eigenvalue weighted by molar-refractivity contribution is 0.0341. The van der Waals surface area contributed by atoms with Crippen LogP contribution in [0, 0.1) is 11.8 Å². The van der Waals surface area contributed by atoms with Crippen molar-refractivity contribution in [1.82, 2.24) is 14.8 Å². The number of hydrogen-bond donors (Lipinski definition) is 0. The molecule has 1 aliphatic heterocycles. The van der Waals surface area contributed by atoms with E-state index in [0.29, 0.717) is 17.5 Å². The third-order valence-electron chi connectivity index (χ3n) is 3.69. The third kappa shape index (κ3) is 5.86. The first-order chi connectivity index (χ1) is 11.0. The molecule has 2 rings (SSSR count). The minimum absolute atomic E-state index is 0.0666. The second-order valence-electron chi connectivity index (χ2n) is 7.01. The van der Waals surface area contributed by atoms with Gasteiger partial charge in [-0.1, -0.05) is 27.7 Å². The lowest BCUT2D eigenvalue weighted by atomic mass is 10.1. The average Bonchev–Trinajstić information content (AvgIpc) is 2.94. The monoisotopic (exact) mass is 339 g/mol. The van der Waals surface area contributed by atoms with E-state index in [2.05, 4.69) is 37.6 Å². The van der Waals surface area contributed by atoms with Crippen molar-refractivity contribution < 1.29 is 9.53 Å². The molecule has 0 unspecified atom stereocenters. The molecule has 0 saturated carbocycles. The quantitative estimate of drug-likeness (QED) is 0.766. The number of aromatic nitrogens is 1. The number of rotatable bonds is 7. The zero-order chi connectivity index (χ0) is 16.8. The summed E-state index contributed by atoms with van der Waals surface area (Å²) in [5.74, 6) is 0.991. The predicted molar refractivity (Wildman–Crippen MR) is 93.8 cm³/mol. The molecule has 1 saturated heterocycles. The molecule has 1 aromatic rings. The fourth-order valence-corrected chi connectivity index (χ4v) is 3.53. The molecule has 5 nitrogen and oxygen atoms in total. The number of amides is 1. The zero-order valence-electron chi connectivity index (χ0n) is 14.7. The molecule has 0 atom stereocenters. The molecule has 0 radical (unpaired) electrons. The summed E-state index contributed by atoms with van der Waals surface area (Å²) < 4.78 is 5.37. The van der Waals surface area contributed by atoms with Gasteiger partial charge in [0.15, 0.2) is 0 Å². The van der Waals surface area contributed by atoms with Crippen LogP contribution in [0.2, 0.25) is 0 Å². The molecule has 0 N–H and O–H groups in total. The van der Waals surface area contributed by atoms with Crippen molar-refractivity contribution in [2.24, 2.45) is 11.8 Å². The lowest BCUT2D eigenvalue weighted by Crippen LogP contribution is -2.37. The predicted octanol–water partition coefficient (Wildman–Crippen LogP) is 2.73. The van der Waals surface area contributed by atoms with Crippen LogP contribution in [0.15, 0.2) is 5.38 Å². The Balaban J connectivity index is 1.99. The normalized spacial score (nSPS) is 16.3. The zero-order valence-corrected chi connectivity index (χ0v) is 15.6. The Morgan fingerprint density at radius 3 is 2.43 bits per heavy atom. The molecule has 0 spiro atoms. The van der Waals surface area contributed by atoms with Gasteiger partial charge < -0.3 is 9.64 Å². The molecule has 1 fully saturated rings. The van der Waals surface area contributed by atoms with Crippen LogP contribution in [0.5, 0.6) is 0 Å². The van der Waals surface area contributed by atoms with Crippen molar-refractivity contribution in [3.05, 3.63) is 16.1 Å². The maximum Gasteiger partial charge on any atom is 0.273 e. The van der Waals surface area contributed by atoms with Gasteiger partial charge in [-0.15, -0.1) is 11.3 Å². The second-order valence-corrected chi connectivity index (χ2v) is 7.96. The maximum absolute atomic E-state index is 12.8.